The Morgan fingerprint density at radius 3 is 2.58 bits per heavy atom. The Kier molecular flexibility index (Phi) is 2.46. The molecule has 1 aromatic carbocycles. The fraction of sp³-hybridized carbons (Fsp3) is 0.533. The molecule has 0 heterocycles. The number of aliphatic hydroxyl groups is 3. The molecule has 0 bridgehead atoms. The first-order valence-corrected chi connectivity index (χ1v) is 6.57. The second kappa shape index (κ2) is 3.66. The zero-order valence-electron chi connectivity index (χ0n) is 10.9. The largest absolute Gasteiger partial charge is 0.390 e. The Labute approximate surface area is 111 Å². The molecule has 3 N–H and O–H groups in total. The van der Waals surface area contributed by atoms with E-state index in [0.29, 0.717) is 12.0 Å². The van der Waals surface area contributed by atoms with Crippen LogP contribution in [0.15, 0.2) is 24.3 Å². The molecule has 102 valence electrons. The Hall–Kier alpha value is -1.23. The van der Waals surface area contributed by atoms with E-state index in [-0.39, 0.29) is 19.3 Å². The van der Waals surface area contributed by atoms with Gasteiger partial charge in [-0.25, -0.2) is 0 Å². The summed E-state index contributed by atoms with van der Waals surface area (Å²) in [5.74, 6) is -0.501. The Morgan fingerprint density at radius 1 is 1.16 bits per heavy atom. The van der Waals surface area contributed by atoms with Gasteiger partial charge in [-0.3, -0.25) is 4.79 Å². The van der Waals surface area contributed by atoms with Crippen molar-refractivity contribution in [3.05, 3.63) is 35.4 Å². The van der Waals surface area contributed by atoms with Crippen molar-refractivity contribution in [1.29, 1.82) is 0 Å². The number of benzene rings is 1. The zero-order chi connectivity index (χ0) is 13.9. The minimum Gasteiger partial charge on any atom is -0.390 e. The quantitative estimate of drug-likeness (QED) is 0.642. The molecule has 3 rings (SSSR count). The average Bonchev–Trinajstić information content (AvgIpc) is 2.32. The van der Waals surface area contributed by atoms with Gasteiger partial charge in [-0.05, 0) is 30.9 Å². The molecule has 1 fully saturated rings. The summed E-state index contributed by atoms with van der Waals surface area (Å²) in [5, 5.41) is 31.8. The van der Waals surface area contributed by atoms with Crippen molar-refractivity contribution >= 4 is 5.78 Å². The molecule has 0 aromatic heterocycles. The van der Waals surface area contributed by atoms with E-state index in [4.69, 9.17) is 0 Å². The van der Waals surface area contributed by atoms with Gasteiger partial charge in [0.05, 0.1) is 5.60 Å². The summed E-state index contributed by atoms with van der Waals surface area (Å²) in [6, 6.07) is 7.17. The Morgan fingerprint density at radius 2 is 1.84 bits per heavy atom. The predicted octanol–water partition coefficient (Wildman–Crippen LogP) is 0.665. The highest BCUT2D eigenvalue weighted by Gasteiger charge is 2.63. The summed E-state index contributed by atoms with van der Waals surface area (Å²) < 4.78 is 0. The molecular formula is C15H18O4. The SMILES string of the molecule is C[C@]1(O)CC(=O)[C@]2(O)c3ccccc3CC[C@]2(O)C1. The molecule has 1 aromatic rings. The van der Waals surface area contributed by atoms with Crippen LogP contribution in [-0.4, -0.2) is 32.3 Å². The number of hydrogen-bond donors (Lipinski definition) is 3. The van der Waals surface area contributed by atoms with Gasteiger partial charge < -0.3 is 15.3 Å². The number of Topliss-reactive ketones (excluding diaryl/α,β-unsaturated/α-hetero) is 1. The van der Waals surface area contributed by atoms with Crippen LogP contribution in [0.2, 0.25) is 0 Å². The van der Waals surface area contributed by atoms with Crippen LogP contribution in [0.5, 0.6) is 0 Å². The van der Waals surface area contributed by atoms with Gasteiger partial charge in [0, 0.05) is 12.8 Å². The first-order chi connectivity index (χ1) is 8.79. The molecule has 3 atom stereocenters. The van der Waals surface area contributed by atoms with Crippen LogP contribution in [0.3, 0.4) is 0 Å². The molecule has 0 spiro atoms. The smallest absolute Gasteiger partial charge is 0.177 e. The van der Waals surface area contributed by atoms with Crippen LogP contribution in [0.4, 0.5) is 0 Å². The lowest BCUT2D eigenvalue weighted by Gasteiger charge is -2.53. The molecule has 0 unspecified atom stereocenters. The molecule has 0 amide bonds. The topological polar surface area (TPSA) is 77.8 Å². The van der Waals surface area contributed by atoms with Gasteiger partial charge in [0.25, 0.3) is 0 Å². The van der Waals surface area contributed by atoms with Crippen LogP contribution < -0.4 is 0 Å². The third-order valence-corrected chi connectivity index (χ3v) is 4.51. The second-order valence-electron chi connectivity index (χ2n) is 6.17. The second-order valence-corrected chi connectivity index (χ2v) is 6.17. The molecule has 0 radical (unpaired) electrons. The fourth-order valence-electron chi connectivity index (χ4n) is 3.66. The predicted molar refractivity (Wildman–Crippen MR) is 68.5 cm³/mol. The summed E-state index contributed by atoms with van der Waals surface area (Å²) in [7, 11) is 0. The lowest BCUT2D eigenvalue weighted by Crippen LogP contribution is -2.66. The van der Waals surface area contributed by atoms with Crippen molar-refractivity contribution in [3.63, 3.8) is 0 Å². The summed E-state index contributed by atoms with van der Waals surface area (Å²) in [6.45, 7) is 1.53. The highest BCUT2D eigenvalue weighted by molar-refractivity contribution is 5.92. The standard InChI is InChI=1S/C15H18O4/c1-13(17)8-12(16)15(19)11-5-3-2-4-10(11)6-7-14(15,18)9-13/h2-5,17-19H,6-9H2,1H3/t13-,14-,15+/m0/s1. The molecule has 4 heteroatoms. The summed E-state index contributed by atoms with van der Waals surface area (Å²) in [6.07, 6.45) is 0.747. The van der Waals surface area contributed by atoms with E-state index in [0.717, 1.165) is 5.56 Å². The normalized spacial score (nSPS) is 41.6. The Balaban J connectivity index is 2.19. The maximum Gasteiger partial charge on any atom is 0.177 e. The van der Waals surface area contributed by atoms with Crippen molar-refractivity contribution in [2.24, 2.45) is 0 Å². The highest BCUT2D eigenvalue weighted by Crippen LogP contribution is 2.51. The first kappa shape index (κ1) is 12.8. The van der Waals surface area contributed by atoms with E-state index >= 15 is 0 Å². The monoisotopic (exact) mass is 262 g/mol. The maximum absolute atomic E-state index is 12.4. The van der Waals surface area contributed by atoms with Crippen molar-refractivity contribution in [1.82, 2.24) is 0 Å². The van der Waals surface area contributed by atoms with Crippen molar-refractivity contribution < 1.29 is 20.1 Å². The van der Waals surface area contributed by atoms with Crippen LogP contribution in [0, 0.1) is 0 Å². The molecule has 0 saturated heterocycles. The van der Waals surface area contributed by atoms with E-state index in [9.17, 15) is 20.1 Å². The van der Waals surface area contributed by atoms with Crippen LogP contribution in [-0.2, 0) is 16.8 Å². The number of aryl methyl sites for hydroxylation is 1. The first-order valence-electron chi connectivity index (χ1n) is 6.57. The van der Waals surface area contributed by atoms with Crippen molar-refractivity contribution in [2.75, 3.05) is 0 Å². The lowest BCUT2D eigenvalue weighted by atomic mass is 9.58. The molecular weight excluding hydrogens is 244 g/mol. The van der Waals surface area contributed by atoms with E-state index in [2.05, 4.69) is 0 Å². The molecule has 19 heavy (non-hydrogen) atoms. The minimum absolute atomic E-state index is 0.0105. The minimum atomic E-state index is -1.88. The van der Waals surface area contributed by atoms with Gasteiger partial charge >= 0.3 is 0 Å². The third-order valence-electron chi connectivity index (χ3n) is 4.51. The molecule has 0 aliphatic heterocycles. The van der Waals surface area contributed by atoms with E-state index in [1.165, 1.54) is 6.92 Å². The van der Waals surface area contributed by atoms with Crippen LogP contribution in [0.1, 0.15) is 37.3 Å². The van der Waals surface area contributed by atoms with Gasteiger partial charge in [0.1, 0.15) is 5.60 Å². The van der Waals surface area contributed by atoms with Gasteiger partial charge in [-0.2, -0.15) is 0 Å². The molecule has 4 nitrogen and oxygen atoms in total. The van der Waals surface area contributed by atoms with Gasteiger partial charge in [0.2, 0.25) is 0 Å². The third kappa shape index (κ3) is 1.60. The van der Waals surface area contributed by atoms with Gasteiger partial charge in [-0.15, -0.1) is 0 Å². The van der Waals surface area contributed by atoms with Crippen molar-refractivity contribution in [2.45, 2.75) is 49.4 Å². The summed E-state index contributed by atoms with van der Waals surface area (Å²) in [4.78, 5) is 12.4. The Bertz CT molecular complexity index is 551. The van der Waals surface area contributed by atoms with Crippen molar-refractivity contribution in [3.8, 4) is 0 Å². The highest BCUT2D eigenvalue weighted by atomic mass is 16.4. The van der Waals surface area contributed by atoms with E-state index < -0.39 is 22.6 Å². The molecule has 1 saturated carbocycles. The van der Waals surface area contributed by atoms with Gasteiger partial charge in [-0.1, -0.05) is 24.3 Å². The fourth-order valence-corrected chi connectivity index (χ4v) is 3.66. The maximum atomic E-state index is 12.4. The average molecular weight is 262 g/mol. The van der Waals surface area contributed by atoms with Crippen LogP contribution in [0.25, 0.3) is 0 Å². The van der Waals surface area contributed by atoms with Crippen LogP contribution >= 0.6 is 0 Å². The lowest BCUT2D eigenvalue weighted by molar-refractivity contribution is -0.218. The number of rotatable bonds is 0. The zero-order valence-corrected chi connectivity index (χ0v) is 10.9. The number of carbonyl (C=O) groups excluding carboxylic acids is 1. The van der Waals surface area contributed by atoms with Gasteiger partial charge in [0.15, 0.2) is 11.4 Å². The number of fused-ring (bicyclic) bond motifs is 3. The number of ketones is 1. The summed E-state index contributed by atoms with van der Waals surface area (Å²) in [5.41, 5.74) is -3.34. The number of hydrogen-bond acceptors (Lipinski definition) is 4. The number of carbonyl (C=O) groups is 1. The summed E-state index contributed by atoms with van der Waals surface area (Å²) >= 11 is 0. The molecule has 2 aliphatic carbocycles. The molecule has 2 aliphatic rings. The van der Waals surface area contributed by atoms with E-state index in [1.54, 1.807) is 12.1 Å². The van der Waals surface area contributed by atoms with E-state index in [1.807, 2.05) is 12.1 Å².